The van der Waals surface area contributed by atoms with Gasteiger partial charge in [-0.1, -0.05) is 30.3 Å². The molecule has 7 heteroatoms. The van der Waals surface area contributed by atoms with Crippen LogP contribution in [-0.4, -0.2) is 38.0 Å². The molecular weight excluding hydrogens is 355 g/mol. The molecule has 0 aromatic heterocycles. The number of sulfonamides is 1. The summed E-state index contributed by atoms with van der Waals surface area (Å²) in [6, 6.07) is 11.7. The van der Waals surface area contributed by atoms with Crippen LogP contribution < -0.4 is 5.32 Å². The van der Waals surface area contributed by atoms with E-state index < -0.39 is 15.9 Å². The molecule has 1 N–H and O–H groups in total. The molecule has 2 aromatic carbocycles. The topological polar surface area (TPSA) is 66.5 Å². The molecule has 0 radical (unpaired) electrons. The van der Waals surface area contributed by atoms with E-state index in [4.69, 9.17) is 0 Å². The van der Waals surface area contributed by atoms with E-state index in [-0.39, 0.29) is 25.3 Å². The van der Waals surface area contributed by atoms with Crippen LogP contribution in [0.2, 0.25) is 0 Å². The van der Waals surface area contributed by atoms with E-state index in [9.17, 15) is 17.6 Å². The number of anilines is 1. The average molecular weight is 378 g/mol. The van der Waals surface area contributed by atoms with E-state index in [2.05, 4.69) is 5.32 Å². The van der Waals surface area contributed by atoms with Gasteiger partial charge in [-0.15, -0.1) is 0 Å². The minimum absolute atomic E-state index is 0.0278. The summed E-state index contributed by atoms with van der Waals surface area (Å²) in [5.41, 5.74) is 3.02. The summed E-state index contributed by atoms with van der Waals surface area (Å²) < 4.78 is 38.8. The molecule has 140 valence electrons. The first-order valence-corrected chi connectivity index (χ1v) is 10.1. The van der Waals surface area contributed by atoms with Crippen molar-refractivity contribution < 1.29 is 17.6 Å². The fourth-order valence-electron chi connectivity index (χ4n) is 2.54. The number of rotatable bonds is 7. The SMILES string of the molecule is Cc1cccc(NC(=O)CN(CCc2ccccc2F)S(C)(=O)=O)c1C. The van der Waals surface area contributed by atoms with Gasteiger partial charge in [0.05, 0.1) is 12.8 Å². The number of halogens is 1. The number of nitrogens with zero attached hydrogens (tertiary/aromatic N) is 1. The lowest BCUT2D eigenvalue weighted by atomic mass is 10.1. The third kappa shape index (κ3) is 5.37. The molecule has 1 amide bonds. The van der Waals surface area contributed by atoms with Crippen LogP contribution in [-0.2, 0) is 21.2 Å². The van der Waals surface area contributed by atoms with Crippen molar-refractivity contribution in [3.8, 4) is 0 Å². The van der Waals surface area contributed by atoms with Crippen molar-refractivity contribution in [2.24, 2.45) is 0 Å². The van der Waals surface area contributed by atoms with Crippen molar-refractivity contribution in [2.45, 2.75) is 20.3 Å². The number of hydrogen-bond acceptors (Lipinski definition) is 3. The Bertz CT molecular complexity index is 897. The Kier molecular flexibility index (Phi) is 6.50. The van der Waals surface area contributed by atoms with Crippen LogP contribution in [0.5, 0.6) is 0 Å². The van der Waals surface area contributed by atoms with E-state index >= 15 is 0 Å². The Labute approximate surface area is 153 Å². The second-order valence-corrected chi connectivity index (χ2v) is 8.22. The molecule has 26 heavy (non-hydrogen) atoms. The number of amides is 1. The lowest BCUT2D eigenvalue weighted by molar-refractivity contribution is -0.116. The molecule has 0 heterocycles. The molecule has 0 aliphatic carbocycles. The first-order valence-electron chi connectivity index (χ1n) is 8.23. The van der Waals surface area contributed by atoms with Gasteiger partial charge in [0.15, 0.2) is 0 Å². The maximum absolute atomic E-state index is 13.7. The number of nitrogens with one attached hydrogen (secondary N) is 1. The van der Waals surface area contributed by atoms with Crippen LogP contribution in [0.25, 0.3) is 0 Å². The van der Waals surface area contributed by atoms with Gasteiger partial charge in [-0.05, 0) is 49.1 Å². The standard InChI is InChI=1S/C19H23FN2O3S/c1-14-7-6-10-18(15(14)2)21-19(23)13-22(26(3,24)25)12-11-16-8-4-5-9-17(16)20/h4-10H,11-13H2,1-3H3,(H,21,23). The third-order valence-electron chi connectivity index (χ3n) is 4.26. The predicted octanol–water partition coefficient (Wildman–Crippen LogP) is 2.89. The number of hydrogen-bond donors (Lipinski definition) is 1. The quantitative estimate of drug-likeness (QED) is 0.806. The second kappa shape index (κ2) is 8.42. The number of carbonyl (C=O) groups is 1. The second-order valence-electron chi connectivity index (χ2n) is 6.23. The Morgan fingerprint density at radius 2 is 1.81 bits per heavy atom. The first-order chi connectivity index (χ1) is 12.2. The molecule has 2 rings (SSSR count). The highest BCUT2D eigenvalue weighted by Crippen LogP contribution is 2.18. The van der Waals surface area contributed by atoms with Gasteiger partial charge in [0, 0.05) is 12.2 Å². The minimum atomic E-state index is -3.60. The van der Waals surface area contributed by atoms with Gasteiger partial charge < -0.3 is 5.32 Å². The Balaban J connectivity index is 2.07. The zero-order valence-electron chi connectivity index (χ0n) is 15.1. The Morgan fingerprint density at radius 3 is 2.46 bits per heavy atom. The van der Waals surface area contributed by atoms with Crippen LogP contribution in [0, 0.1) is 19.7 Å². The third-order valence-corrected chi connectivity index (χ3v) is 5.51. The highest BCUT2D eigenvalue weighted by molar-refractivity contribution is 7.88. The molecule has 0 atom stereocenters. The van der Waals surface area contributed by atoms with E-state index in [0.29, 0.717) is 11.3 Å². The van der Waals surface area contributed by atoms with Crippen LogP contribution in [0.1, 0.15) is 16.7 Å². The summed E-state index contributed by atoms with van der Waals surface area (Å²) in [6.07, 6.45) is 1.23. The molecule has 2 aromatic rings. The smallest absolute Gasteiger partial charge is 0.239 e. The zero-order valence-corrected chi connectivity index (χ0v) is 15.9. The van der Waals surface area contributed by atoms with E-state index in [1.54, 1.807) is 24.3 Å². The lowest BCUT2D eigenvalue weighted by Crippen LogP contribution is -2.38. The number of carbonyl (C=O) groups excluding carboxylic acids is 1. The largest absolute Gasteiger partial charge is 0.325 e. The van der Waals surface area contributed by atoms with E-state index in [1.807, 2.05) is 26.0 Å². The van der Waals surface area contributed by atoms with Crippen LogP contribution >= 0.6 is 0 Å². The van der Waals surface area contributed by atoms with Gasteiger partial charge in [-0.2, -0.15) is 4.31 Å². The van der Waals surface area contributed by atoms with Crippen molar-refractivity contribution in [1.82, 2.24) is 4.31 Å². The molecule has 0 saturated heterocycles. The summed E-state index contributed by atoms with van der Waals surface area (Å²) in [7, 11) is -3.60. The Morgan fingerprint density at radius 1 is 1.12 bits per heavy atom. The van der Waals surface area contributed by atoms with E-state index in [1.165, 1.54) is 6.07 Å². The zero-order chi connectivity index (χ0) is 19.3. The molecule has 0 fully saturated rings. The Hall–Kier alpha value is -2.25. The molecule has 0 saturated carbocycles. The summed E-state index contributed by atoms with van der Waals surface area (Å²) in [4.78, 5) is 12.3. The molecule has 0 aliphatic rings. The number of benzene rings is 2. The van der Waals surface area contributed by atoms with Crippen molar-refractivity contribution >= 4 is 21.6 Å². The van der Waals surface area contributed by atoms with Crippen molar-refractivity contribution in [1.29, 1.82) is 0 Å². The van der Waals surface area contributed by atoms with Gasteiger partial charge in [-0.3, -0.25) is 4.79 Å². The van der Waals surface area contributed by atoms with Crippen LogP contribution in [0.4, 0.5) is 10.1 Å². The van der Waals surface area contributed by atoms with Gasteiger partial charge in [0.1, 0.15) is 5.82 Å². The summed E-state index contributed by atoms with van der Waals surface area (Å²) in [5.74, 6) is -0.821. The van der Waals surface area contributed by atoms with Gasteiger partial charge >= 0.3 is 0 Å². The highest BCUT2D eigenvalue weighted by atomic mass is 32.2. The molecule has 0 aliphatic heterocycles. The highest BCUT2D eigenvalue weighted by Gasteiger charge is 2.21. The van der Waals surface area contributed by atoms with Gasteiger partial charge in [0.25, 0.3) is 0 Å². The molecule has 0 bridgehead atoms. The summed E-state index contributed by atoms with van der Waals surface area (Å²) in [5, 5.41) is 2.74. The fourth-order valence-corrected chi connectivity index (χ4v) is 3.32. The molecule has 5 nitrogen and oxygen atoms in total. The lowest BCUT2D eigenvalue weighted by Gasteiger charge is -2.20. The van der Waals surface area contributed by atoms with Crippen molar-refractivity contribution in [2.75, 3.05) is 24.7 Å². The van der Waals surface area contributed by atoms with Crippen LogP contribution in [0.3, 0.4) is 0 Å². The van der Waals surface area contributed by atoms with Crippen molar-refractivity contribution in [3.63, 3.8) is 0 Å². The predicted molar refractivity (Wildman–Crippen MR) is 101 cm³/mol. The molecule has 0 unspecified atom stereocenters. The van der Waals surface area contributed by atoms with Gasteiger partial charge in [-0.25, -0.2) is 12.8 Å². The summed E-state index contributed by atoms with van der Waals surface area (Å²) in [6.45, 7) is 3.53. The molecular formula is C19H23FN2O3S. The maximum atomic E-state index is 13.7. The maximum Gasteiger partial charge on any atom is 0.239 e. The van der Waals surface area contributed by atoms with Crippen LogP contribution in [0.15, 0.2) is 42.5 Å². The number of aryl methyl sites for hydroxylation is 1. The normalized spacial score (nSPS) is 11.6. The molecule has 0 spiro atoms. The summed E-state index contributed by atoms with van der Waals surface area (Å²) >= 11 is 0. The van der Waals surface area contributed by atoms with E-state index in [0.717, 1.165) is 21.7 Å². The average Bonchev–Trinajstić information content (AvgIpc) is 2.56. The monoisotopic (exact) mass is 378 g/mol. The first kappa shape index (κ1) is 20.1. The minimum Gasteiger partial charge on any atom is -0.325 e. The fraction of sp³-hybridized carbons (Fsp3) is 0.316. The van der Waals surface area contributed by atoms with Gasteiger partial charge in [0.2, 0.25) is 15.9 Å². The van der Waals surface area contributed by atoms with Crippen molar-refractivity contribution in [3.05, 3.63) is 65.0 Å².